The van der Waals surface area contributed by atoms with E-state index in [1.54, 1.807) is 11.9 Å². The molecule has 17 heavy (non-hydrogen) atoms. The Balaban J connectivity index is 2.30. The van der Waals surface area contributed by atoms with E-state index >= 15 is 0 Å². The Morgan fingerprint density at radius 3 is 2.76 bits per heavy atom. The van der Waals surface area contributed by atoms with Crippen LogP contribution in [0.2, 0.25) is 0 Å². The van der Waals surface area contributed by atoms with Gasteiger partial charge in [-0.2, -0.15) is 17.0 Å². The number of amides is 1. The predicted octanol–water partition coefficient (Wildman–Crippen LogP) is 2.29. The fourth-order valence-electron chi connectivity index (χ4n) is 1.33. The lowest BCUT2D eigenvalue weighted by molar-refractivity contribution is -0.127. The van der Waals surface area contributed by atoms with Crippen LogP contribution in [0.1, 0.15) is 12.0 Å². The van der Waals surface area contributed by atoms with Gasteiger partial charge in [-0.15, -0.1) is 0 Å². The first kappa shape index (κ1) is 13.6. The van der Waals surface area contributed by atoms with E-state index in [0.29, 0.717) is 18.7 Å². The zero-order chi connectivity index (χ0) is 12.5. The highest BCUT2D eigenvalue weighted by Crippen LogP contribution is 2.07. The molecule has 0 aliphatic heterocycles. The van der Waals surface area contributed by atoms with Crippen LogP contribution in [-0.4, -0.2) is 29.4 Å². The number of rotatable bonds is 6. The molecular formula is C13H16N2OS. The first-order valence-corrected chi connectivity index (χ1v) is 6.62. The molecule has 0 bridgehead atoms. The molecule has 90 valence electrons. The van der Waals surface area contributed by atoms with Gasteiger partial charge in [-0.05, 0) is 5.56 Å². The Bertz CT molecular complexity index is 386. The fraction of sp³-hybridized carbons (Fsp3) is 0.385. The molecule has 0 heterocycles. The summed E-state index contributed by atoms with van der Waals surface area (Å²) in [5.74, 6) is 1.28. The number of nitriles is 1. The Morgan fingerprint density at radius 2 is 2.12 bits per heavy atom. The summed E-state index contributed by atoms with van der Waals surface area (Å²) in [6, 6.07) is 12.0. The van der Waals surface area contributed by atoms with Crippen molar-refractivity contribution in [3.05, 3.63) is 35.9 Å². The molecule has 0 saturated carbocycles. The van der Waals surface area contributed by atoms with Crippen LogP contribution < -0.4 is 0 Å². The molecule has 4 heteroatoms. The van der Waals surface area contributed by atoms with Crippen molar-refractivity contribution in [1.82, 2.24) is 4.90 Å². The molecule has 0 aliphatic rings. The lowest BCUT2D eigenvalue weighted by atomic mass is 10.2. The third-order valence-corrected chi connectivity index (χ3v) is 3.22. The van der Waals surface area contributed by atoms with Gasteiger partial charge in [0.05, 0.1) is 11.8 Å². The molecule has 0 radical (unpaired) electrons. The van der Waals surface area contributed by atoms with Gasteiger partial charge in [0.25, 0.3) is 0 Å². The first-order chi connectivity index (χ1) is 8.24. The van der Waals surface area contributed by atoms with Gasteiger partial charge in [0.2, 0.25) is 5.91 Å². The summed E-state index contributed by atoms with van der Waals surface area (Å²) in [7, 11) is 1.81. The van der Waals surface area contributed by atoms with Gasteiger partial charge in [0.15, 0.2) is 0 Å². The van der Waals surface area contributed by atoms with E-state index < -0.39 is 0 Å². The number of benzene rings is 1. The van der Waals surface area contributed by atoms with Gasteiger partial charge < -0.3 is 4.90 Å². The van der Waals surface area contributed by atoms with E-state index in [-0.39, 0.29) is 5.91 Å². The maximum absolute atomic E-state index is 11.7. The summed E-state index contributed by atoms with van der Waals surface area (Å²) >= 11 is 1.51. The van der Waals surface area contributed by atoms with E-state index in [0.717, 1.165) is 11.3 Å². The first-order valence-electron chi connectivity index (χ1n) is 5.46. The maximum atomic E-state index is 11.7. The van der Waals surface area contributed by atoms with Gasteiger partial charge in [0, 0.05) is 25.8 Å². The minimum atomic E-state index is 0.108. The van der Waals surface area contributed by atoms with Crippen LogP contribution >= 0.6 is 11.8 Å². The summed E-state index contributed by atoms with van der Waals surface area (Å²) < 4.78 is 0. The van der Waals surface area contributed by atoms with Gasteiger partial charge in [-0.25, -0.2) is 0 Å². The van der Waals surface area contributed by atoms with E-state index in [1.165, 1.54) is 11.8 Å². The molecule has 0 fully saturated rings. The molecule has 0 spiro atoms. The second kappa shape index (κ2) is 7.75. The molecule has 1 aromatic carbocycles. The summed E-state index contributed by atoms with van der Waals surface area (Å²) in [6.07, 6.45) is 0.500. The molecule has 3 nitrogen and oxygen atoms in total. The van der Waals surface area contributed by atoms with Crippen molar-refractivity contribution in [1.29, 1.82) is 5.26 Å². The highest BCUT2D eigenvalue weighted by atomic mass is 32.2. The Morgan fingerprint density at radius 1 is 1.41 bits per heavy atom. The molecule has 0 aliphatic carbocycles. The molecule has 1 aromatic rings. The van der Waals surface area contributed by atoms with E-state index in [2.05, 4.69) is 6.07 Å². The van der Waals surface area contributed by atoms with Crippen molar-refractivity contribution in [3.63, 3.8) is 0 Å². The van der Waals surface area contributed by atoms with Gasteiger partial charge in [-0.1, -0.05) is 30.3 Å². The Labute approximate surface area is 106 Å². The predicted molar refractivity (Wildman–Crippen MR) is 70.5 cm³/mol. The smallest absolute Gasteiger partial charge is 0.232 e. The summed E-state index contributed by atoms with van der Waals surface area (Å²) in [6.45, 7) is 0.637. The van der Waals surface area contributed by atoms with Crippen LogP contribution in [0, 0.1) is 11.3 Å². The van der Waals surface area contributed by atoms with Crippen LogP contribution in [-0.2, 0) is 11.3 Å². The summed E-state index contributed by atoms with van der Waals surface area (Å²) in [5, 5.41) is 8.38. The average Bonchev–Trinajstić information content (AvgIpc) is 2.35. The number of thioether (sulfide) groups is 1. The lowest BCUT2D eigenvalue weighted by Gasteiger charge is -2.16. The Kier molecular flexibility index (Phi) is 6.19. The standard InChI is InChI=1S/C13H16N2OS/c1-15(10-12-6-3-2-4-7-12)13(16)11-17-9-5-8-14/h2-4,6-7H,5,9-11H2,1H3. The van der Waals surface area contributed by atoms with Crippen LogP contribution in [0.4, 0.5) is 0 Å². The molecule has 0 N–H and O–H groups in total. The van der Waals surface area contributed by atoms with Crippen LogP contribution in [0.3, 0.4) is 0 Å². The zero-order valence-corrected chi connectivity index (χ0v) is 10.7. The quantitative estimate of drug-likeness (QED) is 0.725. The normalized spacial score (nSPS) is 9.65. The van der Waals surface area contributed by atoms with E-state index in [9.17, 15) is 4.79 Å². The van der Waals surface area contributed by atoms with Gasteiger partial charge in [-0.3, -0.25) is 4.79 Å². The van der Waals surface area contributed by atoms with Crippen LogP contribution in [0.5, 0.6) is 0 Å². The summed E-state index contributed by atoms with van der Waals surface area (Å²) in [4.78, 5) is 13.4. The maximum Gasteiger partial charge on any atom is 0.232 e. The minimum absolute atomic E-state index is 0.108. The zero-order valence-electron chi connectivity index (χ0n) is 9.93. The van der Waals surface area contributed by atoms with Crippen molar-refractivity contribution in [3.8, 4) is 6.07 Å². The highest BCUT2D eigenvalue weighted by Gasteiger charge is 2.08. The second-order valence-corrected chi connectivity index (χ2v) is 4.80. The largest absolute Gasteiger partial charge is 0.341 e. The molecule has 0 aromatic heterocycles. The number of hydrogen-bond donors (Lipinski definition) is 0. The van der Waals surface area contributed by atoms with Crippen molar-refractivity contribution in [2.75, 3.05) is 18.6 Å². The molecule has 1 rings (SSSR count). The molecule has 1 amide bonds. The fourth-order valence-corrected chi connectivity index (χ4v) is 2.11. The number of carbonyl (C=O) groups excluding carboxylic acids is 1. The van der Waals surface area contributed by atoms with Crippen molar-refractivity contribution < 1.29 is 4.79 Å². The average molecular weight is 248 g/mol. The monoisotopic (exact) mass is 248 g/mol. The van der Waals surface area contributed by atoms with Gasteiger partial charge in [0.1, 0.15) is 0 Å². The minimum Gasteiger partial charge on any atom is -0.341 e. The van der Waals surface area contributed by atoms with E-state index in [4.69, 9.17) is 5.26 Å². The van der Waals surface area contributed by atoms with Crippen LogP contribution in [0.25, 0.3) is 0 Å². The topological polar surface area (TPSA) is 44.1 Å². The Hall–Kier alpha value is -1.47. The number of carbonyl (C=O) groups is 1. The van der Waals surface area contributed by atoms with Crippen molar-refractivity contribution in [2.45, 2.75) is 13.0 Å². The molecule has 0 saturated heterocycles. The second-order valence-electron chi connectivity index (χ2n) is 3.70. The molecular weight excluding hydrogens is 232 g/mol. The van der Waals surface area contributed by atoms with Crippen LogP contribution in [0.15, 0.2) is 30.3 Å². The van der Waals surface area contributed by atoms with Gasteiger partial charge >= 0.3 is 0 Å². The van der Waals surface area contributed by atoms with E-state index in [1.807, 2.05) is 30.3 Å². The molecule has 0 unspecified atom stereocenters. The highest BCUT2D eigenvalue weighted by molar-refractivity contribution is 7.99. The SMILES string of the molecule is CN(Cc1ccccc1)C(=O)CSCCC#N. The van der Waals surface area contributed by atoms with Crippen molar-refractivity contribution in [2.24, 2.45) is 0 Å². The van der Waals surface area contributed by atoms with Crippen molar-refractivity contribution >= 4 is 17.7 Å². The number of nitrogens with zero attached hydrogens (tertiary/aromatic N) is 2. The lowest BCUT2D eigenvalue weighted by Crippen LogP contribution is -2.27. The summed E-state index contributed by atoms with van der Waals surface area (Å²) in [5.41, 5.74) is 1.13. The third kappa shape index (κ3) is 5.41. The third-order valence-electron chi connectivity index (χ3n) is 2.27. The molecule has 0 atom stereocenters. The number of hydrogen-bond acceptors (Lipinski definition) is 3.